The number of carbonyl (C=O) groups is 1. The fraction of sp³-hybridized carbons (Fsp3) is 0.154. The molecule has 0 radical (unpaired) electrons. The normalized spacial score (nSPS) is 11.0. The number of ether oxygens (including phenoxy) is 2. The van der Waals surface area contributed by atoms with E-state index in [-0.39, 0.29) is 5.57 Å². The minimum atomic E-state index is -0.480. The number of hydrogen-bond donors (Lipinski definition) is 1. The van der Waals surface area contributed by atoms with Crippen LogP contribution in [0.15, 0.2) is 69.1 Å². The zero-order valence-electron chi connectivity index (χ0n) is 18.4. The van der Waals surface area contributed by atoms with Crippen molar-refractivity contribution in [3.8, 4) is 17.6 Å². The molecule has 5 nitrogen and oxygen atoms in total. The van der Waals surface area contributed by atoms with Crippen LogP contribution in [0.3, 0.4) is 0 Å². The first-order chi connectivity index (χ1) is 15.8. The Bertz CT molecular complexity index is 1250. The van der Waals surface area contributed by atoms with E-state index in [1.807, 2.05) is 62.4 Å². The highest BCUT2D eigenvalue weighted by atomic mass is 79.9. The largest absolute Gasteiger partial charge is 0.493 e. The van der Waals surface area contributed by atoms with E-state index in [2.05, 4.69) is 37.2 Å². The molecule has 3 rings (SSSR count). The van der Waals surface area contributed by atoms with E-state index in [9.17, 15) is 10.1 Å². The first-order valence-corrected chi connectivity index (χ1v) is 11.6. The van der Waals surface area contributed by atoms with Crippen molar-refractivity contribution in [2.45, 2.75) is 20.5 Å². The lowest BCUT2D eigenvalue weighted by Gasteiger charge is -2.14. The van der Waals surface area contributed by atoms with Crippen LogP contribution in [0.2, 0.25) is 0 Å². The number of carbonyl (C=O) groups excluding carboxylic acids is 1. The standard InChI is InChI=1S/C26H22Br2N2O3/c1-16-4-9-22(10-17(16)2)30-26(31)20(14-29)11-19-12-23(28)25(24(13-19)32-3)33-15-18-5-7-21(27)8-6-18/h4-13H,15H2,1-3H3,(H,30,31)/b20-11+. The molecule has 0 saturated carbocycles. The molecule has 0 saturated heterocycles. The predicted octanol–water partition coefficient (Wildman–Crippen LogP) is 6.96. The highest BCUT2D eigenvalue weighted by Gasteiger charge is 2.14. The summed E-state index contributed by atoms with van der Waals surface area (Å²) in [6.07, 6.45) is 1.52. The highest BCUT2D eigenvalue weighted by molar-refractivity contribution is 9.10. The summed E-state index contributed by atoms with van der Waals surface area (Å²) in [4.78, 5) is 12.7. The Balaban J connectivity index is 1.81. The van der Waals surface area contributed by atoms with E-state index < -0.39 is 5.91 Å². The van der Waals surface area contributed by atoms with Crippen molar-refractivity contribution in [2.75, 3.05) is 12.4 Å². The lowest BCUT2D eigenvalue weighted by Crippen LogP contribution is -2.13. The van der Waals surface area contributed by atoms with Gasteiger partial charge in [-0.3, -0.25) is 4.79 Å². The molecular weight excluding hydrogens is 548 g/mol. The van der Waals surface area contributed by atoms with Crippen molar-refractivity contribution >= 4 is 49.5 Å². The minimum absolute atomic E-state index is 0.0225. The number of benzene rings is 3. The number of rotatable bonds is 7. The third kappa shape index (κ3) is 6.47. The number of methoxy groups -OCH3 is 1. The average molecular weight is 570 g/mol. The number of halogens is 2. The van der Waals surface area contributed by atoms with Gasteiger partial charge in [-0.1, -0.05) is 34.1 Å². The number of aryl methyl sites for hydroxylation is 2. The summed E-state index contributed by atoms with van der Waals surface area (Å²) < 4.78 is 13.1. The van der Waals surface area contributed by atoms with Crippen LogP contribution >= 0.6 is 31.9 Å². The van der Waals surface area contributed by atoms with Gasteiger partial charge in [0.2, 0.25) is 0 Å². The molecule has 0 unspecified atom stereocenters. The number of nitriles is 1. The van der Waals surface area contributed by atoms with Crippen molar-refractivity contribution in [1.29, 1.82) is 5.26 Å². The van der Waals surface area contributed by atoms with Gasteiger partial charge in [0.15, 0.2) is 11.5 Å². The third-order valence-electron chi connectivity index (χ3n) is 4.99. The molecule has 0 spiro atoms. The van der Waals surface area contributed by atoms with Crippen molar-refractivity contribution < 1.29 is 14.3 Å². The van der Waals surface area contributed by atoms with Crippen LogP contribution in [0, 0.1) is 25.2 Å². The second-order valence-corrected chi connectivity index (χ2v) is 9.14. The van der Waals surface area contributed by atoms with Gasteiger partial charge in [-0.15, -0.1) is 0 Å². The molecule has 7 heteroatoms. The Morgan fingerprint density at radius 1 is 1.06 bits per heavy atom. The summed E-state index contributed by atoms with van der Waals surface area (Å²) in [5, 5.41) is 12.3. The van der Waals surface area contributed by atoms with Gasteiger partial charge in [0.25, 0.3) is 5.91 Å². The van der Waals surface area contributed by atoms with Crippen molar-refractivity contribution in [1.82, 2.24) is 0 Å². The van der Waals surface area contributed by atoms with Gasteiger partial charge < -0.3 is 14.8 Å². The molecule has 3 aromatic rings. The van der Waals surface area contributed by atoms with E-state index in [1.165, 1.54) is 6.08 Å². The Hall–Kier alpha value is -3.08. The van der Waals surface area contributed by atoms with Crippen LogP contribution < -0.4 is 14.8 Å². The molecule has 168 valence electrons. The number of nitrogens with one attached hydrogen (secondary N) is 1. The first kappa shape index (κ1) is 24.6. The van der Waals surface area contributed by atoms with Gasteiger partial charge in [0.1, 0.15) is 18.2 Å². The molecule has 0 bridgehead atoms. The fourth-order valence-corrected chi connectivity index (χ4v) is 3.87. The van der Waals surface area contributed by atoms with Crippen LogP contribution in [0.5, 0.6) is 11.5 Å². The molecule has 3 aromatic carbocycles. The quantitative estimate of drug-likeness (QED) is 0.246. The van der Waals surface area contributed by atoms with E-state index >= 15 is 0 Å². The van der Waals surface area contributed by atoms with Gasteiger partial charge in [-0.05, 0) is 94.5 Å². The van der Waals surface area contributed by atoms with Crippen LogP contribution in [0.25, 0.3) is 6.08 Å². The van der Waals surface area contributed by atoms with Gasteiger partial charge >= 0.3 is 0 Å². The van der Waals surface area contributed by atoms with Crippen LogP contribution in [-0.2, 0) is 11.4 Å². The summed E-state index contributed by atoms with van der Waals surface area (Å²) in [5.41, 5.74) is 4.43. The zero-order valence-corrected chi connectivity index (χ0v) is 21.6. The maximum absolute atomic E-state index is 12.7. The molecule has 1 amide bonds. The van der Waals surface area contributed by atoms with E-state index in [1.54, 1.807) is 19.2 Å². The van der Waals surface area contributed by atoms with Crippen molar-refractivity contribution in [3.63, 3.8) is 0 Å². The average Bonchev–Trinajstić information content (AvgIpc) is 2.79. The second kappa shape index (κ2) is 11.2. The molecule has 0 aliphatic rings. The Kier molecular flexibility index (Phi) is 8.32. The summed E-state index contributed by atoms with van der Waals surface area (Å²) in [5.74, 6) is 0.543. The Morgan fingerprint density at radius 3 is 2.42 bits per heavy atom. The summed E-state index contributed by atoms with van der Waals surface area (Å²) in [7, 11) is 1.54. The number of anilines is 1. The van der Waals surface area contributed by atoms with Crippen molar-refractivity contribution in [2.24, 2.45) is 0 Å². The highest BCUT2D eigenvalue weighted by Crippen LogP contribution is 2.38. The lowest BCUT2D eigenvalue weighted by atomic mass is 10.1. The molecule has 0 fully saturated rings. The second-order valence-electron chi connectivity index (χ2n) is 7.37. The van der Waals surface area contributed by atoms with Gasteiger partial charge in [0.05, 0.1) is 11.6 Å². The molecule has 1 N–H and O–H groups in total. The van der Waals surface area contributed by atoms with Crippen LogP contribution in [0.4, 0.5) is 5.69 Å². The number of nitrogens with zero attached hydrogens (tertiary/aromatic N) is 1. The number of hydrogen-bond acceptors (Lipinski definition) is 4. The molecular formula is C26H22Br2N2O3. The van der Waals surface area contributed by atoms with E-state index in [4.69, 9.17) is 9.47 Å². The molecule has 33 heavy (non-hydrogen) atoms. The Labute approximate surface area is 210 Å². The van der Waals surface area contributed by atoms with Gasteiger partial charge in [-0.2, -0.15) is 5.26 Å². The molecule has 0 aromatic heterocycles. The van der Waals surface area contributed by atoms with Crippen LogP contribution in [-0.4, -0.2) is 13.0 Å². The summed E-state index contributed by atoms with van der Waals surface area (Å²) in [6, 6.07) is 18.9. The minimum Gasteiger partial charge on any atom is -0.493 e. The van der Waals surface area contributed by atoms with Crippen molar-refractivity contribution in [3.05, 3.63) is 91.4 Å². The lowest BCUT2D eigenvalue weighted by molar-refractivity contribution is -0.112. The number of amides is 1. The van der Waals surface area contributed by atoms with Gasteiger partial charge in [-0.25, -0.2) is 0 Å². The van der Waals surface area contributed by atoms with Crippen LogP contribution in [0.1, 0.15) is 22.3 Å². The van der Waals surface area contributed by atoms with E-state index in [0.29, 0.717) is 33.8 Å². The monoisotopic (exact) mass is 568 g/mol. The molecule has 0 heterocycles. The maximum Gasteiger partial charge on any atom is 0.266 e. The third-order valence-corrected chi connectivity index (χ3v) is 6.11. The summed E-state index contributed by atoms with van der Waals surface area (Å²) in [6.45, 7) is 4.33. The smallest absolute Gasteiger partial charge is 0.266 e. The molecule has 0 atom stereocenters. The Morgan fingerprint density at radius 2 is 1.79 bits per heavy atom. The molecule has 0 aliphatic carbocycles. The predicted molar refractivity (Wildman–Crippen MR) is 137 cm³/mol. The fourth-order valence-electron chi connectivity index (χ4n) is 3.03. The zero-order chi connectivity index (χ0) is 24.0. The van der Waals surface area contributed by atoms with Gasteiger partial charge in [0, 0.05) is 10.2 Å². The summed E-state index contributed by atoms with van der Waals surface area (Å²) >= 11 is 6.93. The topological polar surface area (TPSA) is 71.3 Å². The SMILES string of the molecule is COc1cc(/C=C(\C#N)C(=O)Nc2ccc(C)c(C)c2)cc(Br)c1OCc1ccc(Br)cc1. The molecule has 0 aliphatic heterocycles. The maximum atomic E-state index is 12.7. The first-order valence-electron chi connectivity index (χ1n) is 10.1. The van der Waals surface area contributed by atoms with E-state index in [0.717, 1.165) is 21.2 Å².